The number of phenols is 1. The Morgan fingerprint density at radius 3 is 2.47 bits per heavy atom. The molecule has 5 rings (SSSR count). The summed E-state index contributed by atoms with van der Waals surface area (Å²) in [5, 5.41) is 14.9. The zero-order valence-corrected chi connectivity index (χ0v) is 20.9. The van der Waals surface area contributed by atoms with Gasteiger partial charge in [0.15, 0.2) is 5.11 Å². The lowest BCUT2D eigenvalue weighted by Gasteiger charge is -2.28. The molecular formula is C26H22Cl2N4OS. The van der Waals surface area contributed by atoms with Gasteiger partial charge in [-0.2, -0.15) is 0 Å². The van der Waals surface area contributed by atoms with Gasteiger partial charge in [-0.15, -0.1) is 0 Å². The summed E-state index contributed by atoms with van der Waals surface area (Å²) in [7, 11) is 0. The van der Waals surface area contributed by atoms with Gasteiger partial charge in [0.25, 0.3) is 0 Å². The first kappa shape index (κ1) is 22.7. The van der Waals surface area contributed by atoms with Crippen LogP contribution in [-0.2, 0) is 0 Å². The molecule has 0 bridgehead atoms. The zero-order valence-electron chi connectivity index (χ0n) is 18.5. The highest BCUT2D eigenvalue weighted by atomic mass is 35.5. The van der Waals surface area contributed by atoms with E-state index in [1.807, 2.05) is 42.5 Å². The van der Waals surface area contributed by atoms with Crippen LogP contribution in [0.15, 0.2) is 72.9 Å². The predicted molar refractivity (Wildman–Crippen MR) is 141 cm³/mol. The van der Waals surface area contributed by atoms with Crippen LogP contribution >= 0.6 is 35.4 Å². The minimum atomic E-state index is -0.176. The number of pyridine rings is 1. The van der Waals surface area contributed by atoms with E-state index in [0.717, 1.165) is 34.0 Å². The summed E-state index contributed by atoms with van der Waals surface area (Å²) in [6, 6.07) is 20.4. The summed E-state index contributed by atoms with van der Waals surface area (Å²) in [5.74, 6) is 0.202. The summed E-state index contributed by atoms with van der Waals surface area (Å²) < 4.78 is 2.12. The van der Waals surface area contributed by atoms with Crippen LogP contribution in [0.2, 0.25) is 10.0 Å². The fourth-order valence-electron chi connectivity index (χ4n) is 4.69. The molecule has 0 amide bonds. The van der Waals surface area contributed by atoms with Crippen LogP contribution in [0, 0.1) is 13.8 Å². The van der Waals surface area contributed by atoms with Crippen molar-refractivity contribution in [1.82, 2.24) is 14.9 Å². The van der Waals surface area contributed by atoms with Gasteiger partial charge in [-0.05, 0) is 86.2 Å². The third-order valence-corrected chi connectivity index (χ3v) is 7.31. The molecule has 2 N–H and O–H groups in total. The molecule has 0 radical (unpaired) electrons. The Bertz CT molecular complexity index is 1370. The molecule has 2 aromatic carbocycles. The fraction of sp³-hybridized carbons (Fsp3) is 0.154. The second-order valence-corrected chi connectivity index (χ2v) is 9.42. The van der Waals surface area contributed by atoms with Crippen LogP contribution < -0.4 is 10.2 Å². The SMILES string of the molecule is Cc1cc([C@H]2[C@@H](c3ccccn3)NC(=S)N2c2ccc(O)cc2)c(C)n1-c1cccc(Cl)c1Cl. The molecule has 3 heterocycles. The molecule has 1 saturated heterocycles. The number of aromatic hydroxyl groups is 1. The van der Waals surface area contributed by atoms with Crippen molar-refractivity contribution in [2.75, 3.05) is 4.90 Å². The molecular weight excluding hydrogens is 487 g/mol. The minimum absolute atomic E-state index is 0.175. The zero-order chi connectivity index (χ0) is 24.0. The Labute approximate surface area is 213 Å². The fourth-order valence-corrected chi connectivity index (χ4v) is 5.41. The van der Waals surface area contributed by atoms with Crippen LogP contribution in [0.1, 0.15) is 34.7 Å². The quantitative estimate of drug-likeness (QED) is 0.301. The first-order valence-electron chi connectivity index (χ1n) is 10.8. The van der Waals surface area contributed by atoms with Crippen LogP contribution in [0.5, 0.6) is 5.75 Å². The number of hydrogen-bond donors (Lipinski definition) is 2. The minimum Gasteiger partial charge on any atom is -0.508 e. The monoisotopic (exact) mass is 508 g/mol. The Hall–Kier alpha value is -3.06. The second kappa shape index (κ2) is 8.95. The molecule has 172 valence electrons. The molecule has 0 saturated carbocycles. The van der Waals surface area contributed by atoms with E-state index in [4.69, 9.17) is 35.4 Å². The van der Waals surface area contributed by atoms with E-state index in [2.05, 4.69) is 39.7 Å². The Morgan fingerprint density at radius 2 is 1.76 bits per heavy atom. The number of halogens is 2. The summed E-state index contributed by atoms with van der Waals surface area (Å²) >= 11 is 18.7. The number of phenolic OH excluding ortho intramolecular Hbond substituents is 1. The second-order valence-electron chi connectivity index (χ2n) is 8.25. The topological polar surface area (TPSA) is 53.3 Å². The lowest BCUT2D eigenvalue weighted by molar-refractivity contribution is 0.475. The van der Waals surface area contributed by atoms with Crippen molar-refractivity contribution in [2.24, 2.45) is 0 Å². The molecule has 1 fully saturated rings. The largest absolute Gasteiger partial charge is 0.508 e. The Morgan fingerprint density at radius 1 is 1.00 bits per heavy atom. The van der Waals surface area contributed by atoms with E-state index in [-0.39, 0.29) is 17.8 Å². The maximum Gasteiger partial charge on any atom is 0.174 e. The van der Waals surface area contributed by atoms with Crippen molar-refractivity contribution >= 4 is 46.2 Å². The first-order chi connectivity index (χ1) is 16.4. The maximum atomic E-state index is 9.83. The molecule has 8 heteroatoms. The van der Waals surface area contributed by atoms with E-state index < -0.39 is 0 Å². The molecule has 0 aliphatic carbocycles. The standard InChI is InChI=1S/C26H22Cl2N4OS/c1-15-14-19(16(2)31(15)22-8-5-6-20(27)23(22)28)25-24(21-7-3-4-13-29-21)30-26(34)32(25)17-9-11-18(33)12-10-17/h3-14,24-25,33H,1-2H3,(H,30,34)/t24-,25+/m1/s1. The van der Waals surface area contributed by atoms with Crippen LogP contribution in [0.4, 0.5) is 5.69 Å². The van der Waals surface area contributed by atoms with E-state index in [1.54, 1.807) is 24.4 Å². The number of hydrogen-bond acceptors (Lipinski definition) is 3. The smallest absolute Gasteiger partial charge is 0.174 e. The van der Waals surface area contributed by atoms with Gasteiger partial charge in [-0.3, -0.25) is 4.98 Å². The van der Waals surface area contributed by atoms with Gasteiger partial charge in [-0.25, -0.2) is 0 Å². The summed E-state index contributed by atoms with van der Waals surface area (Å²) in [5.41, 5.74) is 5.74. The van der Waals surface area contributed by atoms with E-state index in [1.165, 1.54) is 0 Å². The van der Waals surface area contributed by atoms with Crippen molar-refractivity contribution < 1.29 is 5.11 Å². The highest BCUT2D eigenvalue weighted by Gasteiger charge is 2.42. The van der Waals surface area contributed by atoms with Crippen molar-refractivity contribution in [3.05, 3.63) is 106 Å². The van der Waals surface area contributed by atoms with Crippen LogP contribution in [0.25, 0.3) is 5.69 Å². The predicted octanol–water partition coefficient (Wildman–Crippen LogP) is 6.68. The number of rotatable bonds is 4. The Balaban J connectivity index is 1.70. The maximum absolute atomic E-state index is 9.83. The third-order valence-electron chi connectivity index (χ3n) is 6.19. The van der Waals surface area contributed by atoms with Gasteiger partial charge >= 0.3 is 0 Å². The molecule has 34 heavy (non-hydrogen) atoms. The van der Waals surface area contributed by atoms with E-state index in [9.17, 15) is 5.11 Å². The van der Waals surface area contributed by atoms with Gasteiger partial charge in [0.05, 0.1) is 33.5 Å². The van der Waals surface area contributed by atoms with E-state index in [0.29, 0.717) is 15.2 Å². The van der Waals surface area contributed by atoms with Gasteiger partial charge < -0.3 is 19.9 Å². The molecule has 5 nitrogen and oxygen atoms in total. The molecule has 0 unspecified atom stereocenters. The number of aromatic nitrogens is 2. The van der Waals surface area contributed by atoms with Gasteiger partial charge in [0.1, 0.15) is 5.75 Å². The molecule has 0 spiro atoms. The van der Waals surface area contributed by atoms with Crippen molar-refractivity contribution in [3.8, 4) is 11.4 Å². The van der Waals surface area contributed by atoms with E-state index >= 15 is 0 Å². The number of anilines is 1. The third kappa shape index (κ3) is 3.82. The molecule has 2 aromatic heterocycles. The molecule has 1 aliphatic rings. The summed E-state index contributed by atoms with van der Waals surface area (Å²) in [6.07, 6.45) is 1.79. The van der Waals surface area contributed by atoms with Crippen LogP contribution in [0.3, 0.4) is 0 Å². The normalized spacial score (nSPS) is 17.8. The number of aryl methyl sites for hydroxylation is 1. The van der Waals surface area contributed by atoms with Crippen molar-refractivity contribution in [3.63, 3.8) is 0 Å². The van der Waals surface area contributed by atoms with Crippen molar-refractivity contribution in [1.29, 1.82) is 0 Å². The highest BCUT2D eigenvalue weighted by Crippen LogP contribution is 2.44. The molecule has 4 aromatic rings. The Kier molecular flexibility index (Phi) is 5.98. The lowest BCUT2D eigenvalue weighted by atomic mass is 9.96. The number of nitrogens with one attached hydrogen (secondary N) is 1. The van der Waals surface area contributed by atoms with Gasteiger partial charge in [0, 0.05) is 23.3 Å². The number of benzene rings is 2. The molecule has 1 aliphatic heterocycles. The lowest BCUT2D eigenvalue weighted by Crippen LogP contribution is -2.29. The van der Waals surface area contributed by atoms with Gasteiger partial charge in [-0.1, -0.05) is 35.3 Å². The summed E-state index contributed by atoms with van der Waals surface area (Å²) in [6.45, 7) is 4.13. The van der Waals surface area contributed by atoms with Gasteiger partial charge in [0.2, 0.25) is 0 Å². The number of thiocarbonyl (C=S) groups is 1. The average molecular weight is 509 g/mol. The summed E-state index contributed by atoms with van der Waals surface area (Å²) in [4.78, 5) is 6.70. The van der Waals surface area contributed by atoms with Crippen LogP contribution in [-0.4, -0.2) is 19.8 Å². The first-order valence-corrected chi connectivity index (χ1v) is 12.0. The van der Waals surface area contributed by atoms with Crippen molar-refractivity contribution in [2.45, 2.75) is 25.9 Å². The molecule has 2 atom stereocenters. The highest BCUT2D eigenvalue weighted by molar-refractivity contribution is 7.80. The number of nitrogens with zero attached hydrogens (tertiary/aromatic N) is 3. The average Bonchev–Trinajstić information content (AvgIpc) is 3.32.